The fourth-order valence-corrected chi connectivity index (χ4v) is 2.83. The summed E-state index contributed by atoms with van der Waals surface area (Å²) in [6.07, 6.45) is 0.462. The summed E-state index contributed by atoms with van der Waals surface area (Å²) in [5, 5.41) is 20.3. The van der Waals surface area contributed by atoms with Crippen LogP contribution in [0.15, 0.2) is 18.2 Å². The molecule has 1 aromatic carbocycles. The molecule has 1 aliphatic carbocycles. The van der Waals surface area contributed by atoms with Gasteiger partial charge in [-0.1, -0.05) is 23.2 Å². The fraction of sp³-hybridized carbons (Fsp3) is 0.538. The molecule has 1 fully saturated rings. The summed E-state index contributed by atoms with van der Waals surface area (Å²) in [5.41, 5.74) is 0.891. The van der Waals surface area contributed by atoms with Crippen molar-refractivity contribution in [2.24, 2.45) is 0 Å². The number of hydrogen-bond donors (Lipinski definition) is 2. The molecule has 2 unspecified atom stereocenters. The van der Waals surface area contributed by atoms with Crippen molar-refractivity contribution < 1.29 is 14.9 Å². The average Bonchev–Trinajstić information content (AvgIpc) is 2.23. The van der Waals surface area contributed by atoms with Crippen molar-refractivity contribution in [1.29, 1.82) is 0 Å². The van der Waals surface area contributed by atoms with Crippen LogP contribution in [0.3, 0.4) is 0 Å². The minimum Gasteiger partial charge on any atom is -0.393 e. The quantitative estimate of drug-likeness (QED) is 0.900. The van der Waals surface area contributed by atoms with E-state index in [2.05, 4.69) is 0 Å². The maximum absolute atomic E-state index is 9.55. The van der Waals surface area contributed by atoms with Gasteiger partial charge in [-0.2, -0.15) is 0 Å². The van der Waals surface area contributed by atoms with E-state index in [0.717, 1.165) is 5.56 Å². The maximum atomic E-state index is 9.55. The third-order valence-corrected chi connectivity index (χ3v) is 3.46. The van der Waals surface area contributed by atoms with E-state index >= 15 is 0 Å². The highest BCUT2D eigenvalue weighted by Gasteiger charge is 2.26. The van der Waals surface area contributed by atoms with Crippen LogP contribution < -0.4 is 0 Å². The maximum Gasteiger partial charge on any atom is 0.0721 e. The Bertz CT molecular complexity index is 381. The molecule has 0 radical (unpaired) electrons. The van der Waals surface area contributed by atoms with E-state index in [1.54, 1.807) is 18.2 Å². The van der Waals surface area contributed by atoms with Crippen molar-refractivity contribution in [2.75, 3.05) is 0 Å². The second kappa shape index (κ2) is 6.22. The number of aliphatic hydroxyl groups excluding tert-OH is 2. The summed E-state index contributed by atoms with van der Waals surface area (Å²) in [6, 6.07) is 5.26. The smallest absolute Gasteiger partial charge is 0.0721 e. The minimum atomic E-state index is -0.485. The number of benzene rings is 1. The summed E-state index contributed by atoms with van der Waals surface area (Å²) in [5.74, 6) is 0. The zero-order valence-corrected chi connectivity index (χ0v) is 11.4. The standard InChI is InChI=1S/C13H16Cl2O3/c14-9-1-8(2-10(15)3-9)7-18-13-5-11(16)4-12(17)6-13/h1-3,11-13,16-17H,4-7H2. The van der Waals surface area contributed by atoms with Gasteiger partial charge in [-0.05, 0) is 43.0 Å². The summed E-state index contributed by atoms with van der Waals surface area (Å²) in [4.78, 5) is 0. The van der Waals surface area contributed by atoms with Gasteiger partial charge in [-0.3, -0.25) is 0 Å². The molecule has 3 nitrogen and oxygen atoms in total. The molecule has 0 aromatic heterocycles. The summed E-state index contributed by atoms with van der Waals surface area (Å²) >= 11 is 11.8. The molecule has 2 atom stereocenters. The lowest BCUT2D eigenvalue weighted by Gasteiger charge is -2.29. The Morgan fingerprint density at radius 2 is 1.56 bits per heavy atom. The predicted octanol–water partition coefficient (Wildman–Crippen LogP) is 2.78. The molecule has 1 aliphatic rings. The van der Waals surface area contributed by atoms with Gasteiger partial charge < -0.3 is 14.9 Å². The van der Waals surface area contributed by atoms with Crippen LogP contribution in [0.25, 0.3) is 0 Å². The molecule has 0 spiro atoms. The normalized spacial score (nSPS) is 28.3. The number of hydrogen-bond acceptors (Lipinski definition) is 3. The highest BCUT2D eigenvalue weighted by Crippen LogP contribution is 2.24. The van der Waals surface area contributed by atoms with Crippen molar-refractivity contribution in [1.82, 2.24) is 0 Å². The van der Waals surface area contributed by atoms with Crippen LogP contribution in [-0.2, 0) is 11.3 Å². The van der Waals surface area contributed by atoms with Gasteiger partial charge in [0, 0.05) is 10.0 Å². The van der Waals surface area contributed by atoms with Crippen LogP contribution in [0.4, 0.5) is 0 Å². The van der Waals surface area contributed by atoms with E-state index in [9.17, 15) is 10.2 Å². The summed E-state index contributed by atoms with van der Waals surface area (Å²) < 4.78 is 5.68. The molecule has 1 saturated carbocycles. The van der Waals surface area contributed by atoms with E-state index < -0.39 is 12.2 Å². The predicted molar refractivity (Wildman–Crippen MR) is 70.9 cm³/mol. The van der Waals surface area contributed by atoms with E-state index in [4.69, 9.17) is 27.9 Å². The lowest BCUT2D eigenvalue weighted by molar-refractivity contribution is -0.0647. The average molecular weight is 291 g/mol. The van der Waals surface area contributed by atoms with Gasteiger partial charge >= 0.3 is 0 Å². The first-order valence-corrected chi connectivity index (χ1v) is 6.71. The van der Waals surface area contributed by atoms with Gasteiger partial charge in [-0.15, -0.1) is 0 Å². The zero-order valence-electron chi connectivity index (χ0n) is 9.85. The third-order valence-electron chi connectivity index (χ3n) is 3.02. The van der Waals surface area contributed by atoms with Crippen molar-refractivity contribution in [3.63, 3.8) is 0 Å². The Kier molecular flexibility index (Phi) is 4.87. The minimum absolute atomic E-state index is 0.124. The van der Waals surface area contributed by atoms with E-state index in [-0.39, 0.29) is 6.10 Å². The molecule has 2 rings (SSSR count). The van der Waals surface area contributed by atoms with Crippen molar-refractivity contribution >= 4 is 23.2 Å². The van der Waals surface area contributed by atoms with Crippen LogP contribution >= 0.6 is 23.2 Å². The molecular formula is C13H16Cl2O3. The van der Waals surface area contributed by atoms with Gasteiger partial charge in [0.1, 0.15) is 0 Å². The second-order valence-corrected chi connectivity index (χ2v) is 5.60. The lowest BCUT2D eigenvalue weighted by Crippen LogP contribution is -2.34. The summed E-state index contributed by atoms with van der Waals surface area (Å²) in [7, 11) is 0. The topological polar surface area (TPSA) is 49.7 Å². The fourth-order valence-electron chi connectivity index (χ4n) is 2.25. The second-order valence-electron chi connectivity index (χ2n) is 4.73. The molecule has 5 heteroatoms. The lowest BCUT2D eigenvalue weighted by atomic mass is 9.92. The van der Waals surface area contributed by atoms with Crippen LogP contribution in [0.5, 0.6) is 0 Å². The van der Waals surface area contributed by atoms with Crippen LogP contribution in [0.2, 0.25) is 10.0 Å². The Labute approximate surface area is 116 Å². The number of halogens is 2. The van der Waals surface area contributed by atoms with Crippen molar-refractivity contribution in [3.8, 4) is 0 Å². The third kappa shape index (κ3) is 4.11. The van der Waals surface area contributed by atoms with Gasteiger partial charge in [0.15, 0.2) is 0 Å². The van der Waals surface area contributed by atoms with Gasteiger partial charge in [-0.25, -0.2) is 0 Å². The molecule has 0 saturated heterocycles. The number of rotatable bonds is 3. The molecule has 0 amide bonds. The molecule has 0 bridgehead atoms. The molecular weight excluding hydrogens is 275 g/mol. The van der Waals surface area contributed by atoms with Gasteiger partial charge in [0.2, 0.25) is 0 Å². The largest absolute Gasteiger partial charge is 0.393 e. The molecule has 2 N–H and O–H groups in total. The van der Waals surface area contributed by atoms with E-state index in [1.807, 2.05) is 0 Å². The van der Waals surface area contributed by atoms with Crippen molar-refractivity contribution in [2.45, 2.75) is 44.2 Å². The Hall–Kier alpha value is -0.320. The van der Waals surface area contributed by atoms with E-state index in [1.165, 1.54) is 0 Å². The highest BCUT2D eigenvalue weighted by atomic mass is 35.5. The molecule has 18 heavy (non-hydrogen) atoms. The Morgan fingerprint density at radius 3 is 2.11 bits per heavy atom. The molecule has 0 heterocycles. The Morgan fingerprint density at radius 1 is 1.00 bits per heavy atom. The molecule has 100 valence electrons. The first kappa shape index (κ1) is 14.1. The first-order chi connectivity index (χ1) is 8.52. The van der Waals surface area contributed by atoms with Crippen LogP contribution in [0, 0.1) is 0 Å². The SMILES string of the molecule is OC1CC(O)CC(OCc2cc(Cl)cc(Cl)c2)C1. The number of ether oxygens (including phenoxy) is 1. The van der Waals surface area contributed by atoms with Crippen molar-refractivity contribution in [3.05, 3.63) is 33.8 Å². The monoisotopic (exact) mass is 290 g/mol. The van der Waals surface area contributed by atoms with Gasteiger partial charge in [0.05, 0.1) is 24.9 Å². The highest BCUT2D eigenvalue weighted by molar-refractivity contribution is 6.34. The first-order valence-electron chi connectivity index (χ1n) is 5.95. The zero-order chi connectivity index (χ0) is 13.1. The summed E-state index contributed by atoms with van der Waals surface area (Å²) in [6.45, 7) is 0.379. The van der Waals surface area contributed by atoms with Gasteiger partial charge in [0.25, 0.3) is 0 Å². The Balaban J connectivity index is 1.90. The van der Waals surface area contributed by atoms with E-state index in [0.29, 0.717) is 35.9 Å². The molecule has 0 aliphatic heterocycles. The molecule has 1 aromatic rings. The van der Waals surface area contributed by atoms with Crippen LogP contribution in [0.1, 0.15) is 24.8 Å². The number of aliphatic hydroxyl groups is 2. The van der Waals surface area contributed by atoms with Crippen LogP contribution in [-0.4, -0.2) is 28.5 Å².